The number of halogens is 1. The molecule has 7 nitrogen and oxygen atoms in total. The van der Waals surface area contributed by atoms with Gasteiger partial charge in [0.2, 0.25) is 0 Å². The van der Waals surface area contributed by atoms with E-state index in [1.165, 1.54) is 16.7 Å². The highest BCUT2D eigenvalue weighted by Gasteiger charge is 2.13. The van der Waals surface area contributed by atoms with Crippen molar-refractivity contribution >= 4 is 29.0 Å². The Morgan fingerprint density at radius 3 is 2.65 bits per heavy atom. The summed E-state index contributed by atoms with van der Waals surface area (Å²) in [5.41, 5.74) is 3.59. The van der Waals surface area contributed by atoms with Gasteiger partial charge in [-0.3, -0.25) is 19.3 Å². The fraction of sp³-hybridized carbons (Fsp3) is 0.280. The maximum absolute atomic E-state index is 13.1. The fourth-order valence-corrected chi connectivity index (χ4v) is 4.05. The predicted molar refractivity (Wildman–Crippen MR) is 133 cm³/mol. The number of H-pyrrole nitrogens is 2. The maximum Gasteiger partial charge on any atom is 0.261 e. The molecular formula is C25H26FN5O2S. The highest BCUT2D eigenvalue weighted by molar-refractivity contribution is 7.71. The van der Waals surface area contributed by atoms with Crippen LogP contribution < -0.4 is 5.56 Å². The van der Waals surface area contributed by atoms with E-state index in [1.807, 2.05) is 6.07 Å². The van der Waals surface area contributed by atoms with Crippen molar-refractivity contribution in [3.8, 4) is 11.3 Å². The number of rotatable bonds is 8. The second-order valence-electron chi connectivity index (χ2n) is 8.38. The van der Waals surface area contributed by atoms with Gasteiger partial charge in [0.05, 0.1) is 16.6 Å². The van der Waals surface area contributed by atoms with Crippen molar-refractivity contribution in [1.29, 1.82) is 0 Å². The summed E-state index contributed by atoms with van der Waals surface area (Å²) in [7, 11) is 3.40. The van der Waals surface area contributed by atoms with E-state index in [1.54, 1.807) is 49.3 Å². The Balaban J connectivity index is 1.27. The van der Waals surface area contributed by atoms with Crippen LogP contribution in [-0.2, 0) is 13.5 Å². The lowest BCUT2D eigenvalue weighted by molar-refractivity contribution is 0.0792. The molecule has 0 aliphatic heterocycles. The molecule has 0 aliphatic carbocycles. The van der Waals surface area contributed by atoms with Gasteiger partial charge in [0, 0.05) is 37.5 Å². The number of aromatic nitrogens is 4. The number of aromatic amines is 2. The molecule has 1 amide bonds. The van der Waals surface area contributed by atoms with Gasteiger partial charge < -0.3 is 9.88 Å². The average Bonchev–Trinajstić information content (AvgIpc) is 3.31. The van der Waals surface area contributed by atoms with E-state index in [4.69, 9.17) is 12.2 Å². The molecule has 0 fully saturated rings. The molecule has 2 heterocycles. The predicted octanol–water partition coefficient (Wildman–Crippen LogP) is 4.61. The summed E-state index contributed by atoms with van der Waals surface area (Å²) >= 11 is 5.17. The SMILES string of the molecule is CN(CCCCCc1cc(-c2ccc(F)cc2)n[nH]1)C(=O)c1ccc2c(=O)n(C)c(=S)[nH]c2c1. The number of fused-ring (bicyclic) bond motifs is 1. The smallest absolute Gasteiger partial charge is 0.261 e. The molecule has 4 aromatic rings. The van der Waals surface area contributed by atoms with Crippen LogP contribution in [0.25, 0.3) is 22.2 Å². The van der Waals surface area contributed by atoms with Crippen LogP contribution in [0.15, 0.2) is 53.3 Å². The van der Waals surface area contributed by atoms with Gasteiger partial charge in [-0.25, -0.2) is 4.39 Å². The lowest BCUT2D eigenvalue weighted by Gasteiger charge is -2.17. The molecule has 9 heteroatoms. The minimum Gasteiger partial charge on any atom is -0.342 e. The summed E-state index contributed by atoms with van der Waals surface area (Å²) in [4.78, 5) is 29.9. The Kier molecular flexibility index (Phi) is 7.02. The van der Waals surface area contributed by atoms with Crippen molar-refractivity contribution in [2.24, 2.45) is 7.05 Å². The van der Waals surface area contributed by atoms with Gasteiger partial charge >= 0.3 is 0 Å². The minimum absolute atomic E-state index is 0.0978. The van der Waals surface area contributed by atoms with Crippen LogP contribution in [0.2, 0.25) is 0 Å². The van der Waals surface area contributed by atoms with Gasteiger partial charge in [0.1, 0.15) is 5.82 Å². The normalized spacial score (nSPS) is 11.1. The third-order valence-electron chi connectivity index (χ3n) is 5.91. The largest absolute Gasteiger partial charge is 0.342 e. The number of carbonyl (C=O) groups excluding carboxylic acids is 1. The molecule has 2 N–H and O–H groups in total. The zero-order chi connectivity index (χ0) is 24.2. The number of carbonyl (C=O) groups is 1. The van der Waals surface area contributed by atoms with Crippen LogP contribution >= 0.6 is 12.2 Å². The summed E-state index contributed by atoms with van der Waals surface area (Å²) in [6, 6.07) is 13.3. The zero-order valence-electron chi connectivity index (χ0n) is 19.1. The Hall–Kier alpha value is -3.59. The first kappa shape index (κ1) is 23.6. The van der Waals surface area contributed by atoms with E-state index in [9.17, 15) is 14.0 Å². The number of nitrogens with zero attached hydrogens (tertiary/aromatic N) is 3. The molecule has 0 atom stereocenters. The van der Waals surface area contributed by atoms with Crippen molar-refractivity contribution in [2.75, 3.05) is 13.6 Å². The van der Waals surface area contributed by atoms with Crippen molar-refractivity contribution in [2.45, 2.75) is 25.7 Å². The van der Waals surface area contributed by atoms with Crippen LogP contribution in [0.5, 0.6) is 0 Å². The van der Waals surface area contributed by atoms with Crippen molar-refractivity contribution < 1.29 is 9.18 Å². The quantitative estimate of drug-likeness (QED) is 0.285. The molecule has 34 heavy (non-hydrogen) atoms. The zero-order valence-corrected chi connectivity index (χ0v) is 19.9. The van der Waals surface area contributed by atoms with E-state index in [0.717, 1.165) is 42.6 Å². The third-order valence-corrected chi connectivity index (χ3v) is 6.28. The molecule has 0 bridgehead atoms. The molecule has 4 rings (SSSR count). The molecule has 2 aromatic heterocycles. The lowest BCUT2D eigenvalue weighted by atomic mass is 10.1. The standard InChI is InChI=1S/C25H26FN5O2S/c1-30(23(32)17-9-12-20-22(14-17)27-25(34)31(2)24(20)33)13-5-3-4-6-19-15-21(29-28-19)16-7-10-18(26)11-8-16/h7-12,14-15H,3-6,13H2,1-2H3,(H,27,34)(H,28,29). The molecule has 0 saturated heterocycles. The molecule has 2 aromatic carbocycles. The topological polar surface area (TPSA) is 86.8 Å². The first-order valence-electron chi connectivity index (χ1n) is 11.1. The summed E-state index contributed by atoms with van der Waals surface area (Å²) in [6.45, 7) is 0.632. The summed E-state index contributed by atoms with van der Waals surface area (Å²) in [6.07, 6.45) is 3.65. The van der Waals surface area contributed by atoms with Gasteiger partial charge in [-0.15, -0.1) is 0 Å². The van der Waals surface area contributed by atoms with Crippen LogP contribution in [0.4, 0.5) is 4.39 Å². The lowest BCUT2D eigenvalue weighted by Crippen LogP contribution is -2.28. The molecule has 0 aliphatic rings. The van der Waals surface area contributed by atoms with Gasteiger partial charge in [0.15, 0.2) is 4.77 Å². The minimum atomic E-state index is -0.265. The number of benzene rings is 2. The first-order valence-corrected chi connectivity index (χ1v) is 11.5. The van der Waals surface area contributed by atoms with Gasteiger partial charge in [0.25, 0.3) is 11.5 Å². The number of hydrogen-bond donors (Lipinski definition) is 2. The van der Waals surface area contributed by atoms with E-state index in [0.29, 0.717) is 27.8 Å². The highest BCUT2D eigenvalue weighted by Crippen LogP contribution is 2.19. The molecule has 176 valence electrons. The highest BCUT2D eigenvalue weighted by atomic mass is 32.1. The van der Waals surface area contributed by atoms with Crippen LogP contribution in [-0.4, -0.2) is 44.1 Å². The Morgan fingerprint density at radius 1 is 1.12 bits per heavy atom. The number of hydrogen-bond acceptors (Lipinski definition) is 4. The average molecular weight is 480 g/mol. The Labute approximate surface area is 201 Å². The summed E-state index contributed by atoms with van der Waals surface area (Å²) in [5.74, 6) is -0.363. The van der Waals surface area contributed by atoms with Crippen LogP contribution in [0.3, 0.4) is 0 Å². The number of aryl methyl sites for hydroxylation is 1. The summed E-state index contributed by atoms with van der Waals surface area (Å²) < 4.78 is 14.8. The van der Waals surface area contributed by atoms with E-state index in [2.05, 4.69) is 15.2 Å². The van der Waals surface area contributed by atoms with Crippen LogP contribution in [0.1, 0.15) is 35.3 Å². The maximum atomic E-state index is 13.1. The second-order valence-corrected chi connectivity index (χ2v) is 8.76. The third kappa shape index (κ3) is 5.14. The van der Waals surface area contributed by atoms with E-state index < -0.39 is 0 Å². The summed E-state index contributed by atoms with van der Waals surface area (Å²) in [5, 5.41) is 7.85. The number of unbranched alkanes of at least 4 members (excludes halogenated alkanes) is 2. The number of nitrogens with one attached hydrogen (secondary N) is 2. The van der Waals surface area contributed by atoms with Crippen molar-refractivity contribution in [3.05, 3.63) is 80.7 Å². The van der Waals surface area contributed by atoms with E-state index >= 15 is 0 Å². The molecule has 0 radical (unpaired) electrons. The van der Waals surface area contributed by atoms with Crippen LogP contribution in [0, 0.1) is 10.6 Å². The van der Waals surface area contributed by atoms with Crippen molar-refractivity contribution in [3.63, 3.8) is 0 Å². The number of amides is 1. The van der Waals surface area contributed by atoms with Gasteiger partial charge in [-0.05, 0) is 80.0 Å². The van der Waals surface area contributed by atoms with Crippen molar-refractivity contribution in [1.82, 2.24) is 24.6 Å². The monoisotopic (exact) mass is 479 g/mol. The first-order chi connectivity index (χ1) is 16.3. The molecular weight excluding hydrogens is 453 g/mol. The van der Waals surface area contributed by atoms with E-state index in [-0.39, 0.29) is 17.3 Å². The molecule has 0 saturated carbocycles. The fourth-order valence-electron chi connectivity index (χ4n) is 3.86. The Morgan fingerprint density at radius 2 is 1.88 bits per heavy atom. The molecule has 0 spiro atoms. The molecule has 0 unspecified atom stereocenters. The second kappa shape index (κ2) is 10.1. The van der Waals surface area contributed by atoms with Gasteiger partial charge in [-0.1, -0.05) is 6.42 Å². The van der Waals surface area contributed by atoms with Gasteiger partial charge in [-0.2, -0.15) is 5.10 Å². The Bertz CT molecular complexity index is 1440.